The fourth-order valence-electron chi connectivity index (χ4n) is 1.84. The van der Waals surface area contributed by atoms with E-state index in [0.717, 1.165) is 18.4 Å². The number of carbonyl (C=O) groups excluding carboxylic acids is 1. The predicted octanol–water partition coefficient (Wildman–Crippen LogP) is 1.68. The molecule has 2 rings (SSSR count). The average molecular weight is 233 g/mol. The Kier molecular flexibility index (Phi) is 3.13. The van der Waals surface area contributed by atoms with E-state index in [0.29, 0.717) is 5.56 Å². The maximum atomic E-state index is 12.2. The zero-order valence-corrected chi connectivity index (χ0v) is 9.72. The molecule has 0 saturated heterocycles. The molecular formula is C13H15NO3. The van der Waals surface area contributed by atoms with Crippen LogP contribution in [-0.4, -0.2) is 34.5 Å². The van der Waals surface area contributed by atoms with E-state index in [1.54, 1.807) is 12.1 Å². The van der Waals surface area contributed by atoms with Gasteiger partial charge in [-0.05, 0) is 31.9 Å². The van der Waals surface area contributed by atoms with Crippen molar-refractivity contribution < 1.29 is 14.7 Å². The number of carbonyl (C=O) groups is 2. The summed E-state index contributed by atoms with van der Waals surface area (Å²) in [6, 6.07) is 7.36. The quantitative estimate of drug-likeness (QED) is 0.860. The second-order valence-corrected chi connectivity index (χ2v) is 4.43. The summed E-state index contributed by atoms with van der Waals surface area (Å²) in [4.78, 5) is 24.4. The number of amides is 1. The van der Waals surface area contributed by atoms with E-state index in [1.165, 1.54) is 4.90 Å². The molecule has 0 spiro atoms. The second kappa shape index (κ2) is 4.57. The van der Waals surface area contributed by atoms with E-state index < -0.39 is 5.97 Å². The topological polar surface area (TPSA) is 57.6 Å². The largest absolute Gasteiger partial charge is 0.480 e. The van der Waals surface area contributed by atoms with Crippen LogP contribution in [0.2, 0.25) is 0 Å². The number of aliphatic carboxylic acids is 1. The molecule has 0 unspecified atom stereocenters. The minimum absolute atomic E-state index is 0.110. The number of nitrogens with zero attached hydrogens (tertiary/aromatic N) is 1. The molecule has 1 aliphatic rings. The summed E-state index contributed by atoms with van der Waals surface area (Å²) >= 11 is 0. The molecule has 1 saturated carbocycles. The molecule has 1 N–H and O–H groups in total. The maximum absolute atomic E-state index is 12.2. The highest BCUT2D eigenvalue weighted by atomic mass is 16.4. The van der Waals surface area contributed by atoms with Crippen LogP contribution in [0.5, 0.6) is 0 Å². The van der Waals surface area contributed by atoms with Gasteiger partial charge in [-0.25, -0.2) is 0 Å². The molecule has 0 bridgehead atoms. The number of benzene rings is 1. The second-order valence-electron chi connectivity index (χ2n) is 4.43. The van der Waals surface area contributed by atoms with E-state index >= 15 is 0 Å². The number of rotatable bonds is 4. The SMILES string of the molecule is Cc1cccc(C(=O)N(CC(=O)O)C2CC2)c1. The van der Waals surface area contributed by atoms with Crippen molar-refractivity contribution in [3.05, 3.63) is 35.4 Å². The molecule has 1 aromatic carbocycles. The van der Waals surface area contributed by atoms with Crippen LogP contribution in [-0.2, 0) is 4.79 Å². The molecule has 90 valence electrons. The van der Waals surface area contributed by atoms with Gasteiger partial charge in [0, 0.05) is 11.6 Å². The summed E-state index contributed by atoms with van der Waals surface area (Å²) in [5.41, 5.74) is 1.57. The highest BCUT2D eigenvalue weighted by Gasteiger charge is 2.34. The molecule has 1 aliphatic carbocycles. The Balaban J connectivity index is 2.18. The molecule has 0 aliphatic heterocycles. The Hall–Kier alpha value is -1.84. The normalized spacial score (nSPS) is 14.4. The zero-order valence-electron chi connectivity index (χ0n) is 9.72. The van der Waals surface area contributed by atoms with Crippen LogP contribution in [0.1, 0.15) is 28.8 Å². The third-order valence-electron chi connectivity index (χ3n) is 2.82. The van der Waals surface area contributed by atoms with Gasteiger partial charge in [0.1, 0.15) is 6.54 Å². The summed E-state index contributed by atoms with van der Waals surface area (Å²) in [7, 11) is 0. The smallest absolute Gasteiger partial charge is 0.323 e. The first kappa shape index (κ1) is 11.6. The van der Waals surface area contributed by atoms with Crippen molar-refractivity contribution in [3.8, 4) is 0 Å². The minimum atomic E-state index is -0.960. The molecule has 0 aromatic heterocycles. The Morgan fingerprint density at radius 3 is 2.65 bits per heavy atom. The van der Waals surface area contributed by atoms with E-state index in [9.17, 15) is 9.59 Å². The van der Waals surface area contributed by atoms with Crippen LogP contribution in [0.3, 0.4) is 0 Å². The highest BCUT2D eigenvalue weighted by Crippen LogP contribution is 2.28. The van der Waals surface area contributed by atoms with Crippen LogP contribution in [0, 0.1) is 6.92 Å². The third kappa shape index (κ3) is 2.84. The average Bonchev–Trinajstić information content (AvgIpc) is 3.08. The zero-order chi connectivity index (χ0) is 12.4. The number of hydrogen-bond acceptors (Lipinski definition) is 2. The fourth-order valence-corrected chi connectivity index (χ4v) is 1.84. The Bertz CT molecular complexity index is 452. The first-order valence-corrected chi connectivity index (χ1v) is 5.67. The van der Waals surface area contributed by atoms with Crippen LogP contribution < -0.4 is 0 Å². The lowest BCUT2D eigenvalue weighted by molar-refractivity contribution is -0.137. The molecule has 0 radical (unpaired) electrons. The van der Waals surface area contributed by atoms with Crippen molar-refractivity contribution in [1.82, 2.24) is 4.90 Å². The lowest BCUT2D eigenvalue weighted by Crippen LogP contribution is -2.37. The summed E-state index contributed by atoms with van der Waals surface area (Å²) in [6.45, 7) is 1.70. The van der Waals surface area contributed by atoms with E-state index in [4.69, 9.17) is 5.11 Å². The van der Waals surface area contributed by atoms with Crippen LogP contribution in [0.15, 0.2) is 24.3 Å². The van der Waals surface area contributed by atoms with Crippen LogP contribution in [0.25, 0.3) is 0 Å². The van der Waals surface area contributed by atoms with Crippen molar-refractivity contribution in [2.45, 2.75) is 25.8 Å². The highest BCUT2D eigenvalue weighted by molar-refractivity contribution is 5.96. The molecule has 17 heavy (non-hydrogen) atoms. The lowest BCUT2D eigenvalue weighted by atomic mass is 10.1. The third-order valence-corrected chi connectivity index (χ3v) is 2.82. The van der Waals surface area contributed by atoms with Gasteiger partial charge in [0.15, 0.2) is 0 Å². The molecule has 4 nitrogen and oxygen atoms in total. The van der Waals surface area contributed by atoms with E-state index in [1.807, 2.05) is 19.1 Å². The first-order chi connectivity index (χ1) is 8.08. The number of carboxylic acids is 1. The predicted molar refractivity (Wildman–Crippen MR) is 62.9 cm³/mol. The Morgan fingerprint density at radius 2 is 2.12 bits per heavy atom. The summed E-state index contributed by atoms with van der Waals surface area (Å²) in [5.74, 6) is -1.14. The van der Waals surface area contributed by atoms with Gasteiger partial charge in [0.05, 0.1) is 0 Å². The fraction of sp³-hybridized carbons (Fsp3) is 0.385. The van der Waals surface area contributed by atoms with Crippen molar-refractivity contribution >= 4 is 11.9 Å². The van der Waals surface area contributed by atoms with Crippen molar-refractivity contribution in [3.63, 3.8) is 0 Å². The molecule has 4 heteroatoms. The number of aryl methyl sites for hydroxylation is 1. The van der Waals surface area contributed by atoms with Gasteiger partial charge in [-0.15, -0.1) is 0 Å². The first-order valence-electron chi connectivity index (χ1n) is 5.67. The van der Waals surface area contributed by atoms with Gasteiger partial charge >= 0.3 is 5.97 Å². The molecule has 1 aromatic rings. The van der Waals surface area contributed by atoms with Crippen molar-refractivity contribution in [2.24, 2.45) is 0 Å². The molecule has 1 fully saturated rings. The van der Waals surface area contributed by atoms with Crippen molar-refractivity contribution in [2.75, 3.05) is 6.54 Å². The van der Waals surface area contributed by atoms with E-state index in [2.05, 4.69) is 0 Å². The summed E-state index contributed by atoms with van der Waals surface area (Å²) in [5, 5.41) is 8.82. The molecule has 1 amide bonds. The van der Waals surface area contributed by atoms with Gasteiger partial charge < -0.3 is 10.0 Å². The van der Waals surface area contributed by atoms with E-state index in [-0.39, 0.29) is 18.5 Å². The van der Waals surface area contributed by atoms with Gasteiger partial charge in [0.2, 0.25) is 0 Å². The summed E-state index contributed by atoms with van der Waals surface area (Å²) < 4.78 is 0. The van der Waals surface area contributed by atoms with Gasteiger partial charge in [-0.1, -0.05) is 17.7 Å². The van der Waals surface area contributed by atoms with Crippen LogP contribution in [0.4, 0.5) is 0 Å². The van der Waals surface area contributed by atoms with Gasteiger partial charge in [-0.3, -0.25) is 9.59 Å². The monoisotopic (exact) mass is 233 g/mol. The van der Waals surface area contributed by atoms with Crippen molar-refractivity contribution in [1.29, 1.82) is 0 Å². The lowest BCUT2D eigenvalue weighted by Gasteiger charge is -2.20. The van der Waals surface area contributed by atoms with Gasteiger partial charge in [-0.2, -0.15) is 0 Å². The standard InChI is InChI=1S/C13H15NO3/c1-9-3-2-4-10(7-9)13(17)14(8-12(15)16)11-5-6-11/h2-4,7,11H,5-6,8H2,1H3,(H,15,16). The molecule has 0 heterocycles. The summed E-state index contributed by atoms with van der Waals surface area (Å²) in [6.07, 6.45) is 1.82. The number of carboxylic acid groups (broad SMARTS) is 1. The molecule has 0 atom stereocenters. The molecular weight excluding hydrogens is 218 g/mol. The Labute approximate surface area is 99.9 Å². The maximum Gasteiger partial charge on any atom is 0.323 e. The minimum Gasteiger partial charge on any atom is -0.480 e. The number of hydrogen-bond donors (Lipinski definition) is 1. The van der Waals surface area contributed by atoms with Gasteiger partial charge in [0.25, 0.3) is 5.91 Å². The van der Waals surface area contributed by atoms with Crippen LogP contribution >= 0.6 is 0 Å². The Morgan fingerprint density at radius 1 is 1.41 bits per heavy atom.